The van der Waals surface area contributed by atoms with Gasteiger partial charge in [-0.05, 0) is 11.6 Å². The van der Waals surface area contributed by atoms with Crippen LogP contribution in [0.25, 0.3) is 0 Å². The van der Waals surface area contributed by atoms with E-state index in [0.29, 0.717) is 0 Å². The van der Waals surface area contributed by atoms with Gasteiger partial charge >= 0.3 is 0 Å². The van der Waals surface area contributed by atoms with Gasteiger partial charge in [0.25, 0.3) is 0 Å². The third kappa shape index (κ3) is 3.51. The zero-order chi connectivity index (χ0) is 12.0. The first kappa shape index (κ1) is 12.5. The minimum Gasteiger partial charge on any atom is -0.391 e. The zero-order valence-corrected chi connectivity index (χ0v) is 9.39. The second-order valence-electron chi connectivity index (χ2n) is 3.72. The summed E-state index contributed by atoms with van der Waals surface area (Å²) in [6, 6.07) is 9.72. The van der Waals surface area contributed by atoms with Crippen LogP contribution < -0.4 is 5.32 Å². The van der Waals surface area contributed by atoms with Crippen molar-refractivity contribution in [2.75, 3.05) is 6.54 Å². The van der Waals surface area contributed by atoms with Crippen molar-refractivity contribution in [2.45, 2.75) is 18.9 Å². The van der Waals surface area contributed by atoms with Crippen LogP contribution in [0.5, 0.6) is 0 Å². The number of aliphatic hydroxyl groups excluding tert-OH is 1. The molecule has 0 aliphatic rings. The predicted octanol–water partition coefficient (Wildman–Crippen LogP) is 1.45. The summed E-state index contributed by atoms with van der Waals surface area (Å²) in [4.78, 5) is 10.9. The Balaban J connectivity index is 2.51. The molecule has 0 saturated heterocycles. The first-order chi connectivity index (χ1) is 7.65. The summed E-state index contributed by atoms with van der Waals surface area (Å²) < 4.78 is 0. The minimum absolute atomic E-state index is 0.00804. The number of benzene rings is 1. The molecule has 0 bridgehead atoms. The van der Waals surface area contributed by atoms with Gasteiger partial charge in [0.1, 0.15) is 0 Å². The highest BCUT2D eigenvalue weighted by atomic mass is 16.3. The Morgan fingerprint density at radius 2 is 2.12 bits per heavy atom. The number of amides is 1. The van der Waals surface area contributed by atoms with Crippen LogP contribution in [0.4, 0.5) is 0 Å². The summed E-state index contributed by atoms with van der Waals surface area (Å²) in [5.41, 5.74) is 1.06. The first-order valence-corrected chi connectivity index (χ1v) is 5.28. The molecule has 0 radical (unpaired) electrons. The van der Waals surface area contributed by atoms with Crippen LogP contribution in [0, 0.1) is 0 Å². The van der Waals surface area contributed by atoms with Crippen LogP contribution in [0.3, 0.4) is 0 Å². The number of hydrogen-bond donors (Lipinski definition) is 2. The van der Waals surface area contributed by atoms with Crippen LogP contribution >= 0.6 is 0 Å². The normalized spacial score (nSPS) is 13.9. The quantitative estimate of drug-likeness (QED) is 0.736. The molecule has 1 aromatic carbocycles. The van der Waals surface area contributed by atoms with Gasteiger partial charge in [0.2, 0.25) is 5.91 Å². The number of nitrogens with one attached hydrogen (secondary N) is 1. The highest BCUT2D eigenvalue weighted by molar-refractivity contribution is 5.86. The fourth-order valence-electron chi connectivity index (χ4n) is 1.43. The molecule has 1 rings (SSSR count). The van der Waals surface area contributed by atoms with Gasteiger partial charge in [-0.3, -0.25) is 4.79 Å². The van der Waals surface area contributed by atoms with Crippen molar-refractivity contribution in [2.24, 2.45) is 0 Å². The number of hydrogen-bond acceptors (Lipinski definition) is 2. The molecular weight excluding hydrogens is 202 g/mol. The summed E-state index contributed by atoms with van der Waals surface area (Å²) in [5, 5.41) is 12.4. The van der Waals surface area contributed by atoms with E-state index in [0.717, 1.165) is 5.56 Å². The maximum atomic E-state index is 10.9. The lowest BCUT2D eigenvalue weighted by atomic mass is 9.95. The van der Waals surface area contributed by atoms with Gasteiger partial charge in [-0.25, -0.2) is 0 Å². The molecule has 0 spiro atoms. The third-order valence-corrected chi connectivity index (χ3v) is 2.57. The lowest BCUT2D eigenvalue weighted by molar-refractivity contribution is -0.117. The van der Waals surface area contributed by atoms with Gasteiger partial charge in [0.05, 0.1) is 6.10 Å². The Labute approximate surface area is 95.8 Å². The molecule has 0 saturated carbocycles. The molecule has 0 aliphatic heterocycles. The van der Waals surface area contributed by atoms with E-state index in [1.807, 2.05) is 37.3 Å². The minimum atomic E-state index is -0.591. The van der Waals surface area contributed by atoms with E-state index in [2.05, 4.69) is 11.9 Å². The van der Waals surface area contributed by atoms with Crippen LogP contribution in [0.1, 0.15) is 18.4 Å². The number of aliphatic hydroxyl groups is 1. The lowest BCUT2D eigenvalue weighted by Gasteiger charge is -2.19. The van der Waals surface area contributed by atoms with E-state index in [-0.39, 0.29) is 18.4 Å². The smallest absolute Gasteiger partial charge is 0.243 e. The summed E-state index contributed by atoms with van der Waals surface area (Å²) >= 11 is 0. The number of rotatable bonds is 5. The molecule has 2 N–H and O–H groups in total. The third-order valence-electron chi connectivity index (χ3n) is 2.57. The Hall–Kier alpha value is -1.61. The molecule has 0 fully saturated rings. The molecule has 3 heteroatoms. The van der Waals surface area contributed by atoms with Gasteiger partial charge < -0.3 is 10.4 Å². The Morgan fingerprint density at radius 3 is 2.69 bits per heavy atom. The summed E-state index contributed by atoms with van der Waals surface area (Å²) in [7, 11) is 0. The molecule has 0 aliphatic carbocycles. The van der Waals surface area contributed by atoms with E-state index in [1.165, 1.54) is 6.08 Å². The van der Waals surface area contributed by atoms with Crippen molar-refractivity contribution >= 4 is 5.91 Å². The zero-order valence-electron chi connectivity index (χ0n) is 9.39. The van der Waals surface area contributed by atoms with E-state index in [9.17, 15) is 9.90 Å². The number of carbonyl (C=O) groups is 1. The van der Waals surface area contributed by atoms with Crippen LogP contribution in [-0.2, 0) is 4.79 Å². The molecule has 1 aromatic rings. The average Bonchev–Trinajstić information content (AvgIpc) is 2.35. The molecule has 1 amide bonds. The average molecular weight is 219 g/mol. The van der Waals surface area contributed by atoms with E-state index in [4.69, 9.17) is 0 Å². The van der Waals surface area contributed by atoms with Crippen molar-refractivity contribution < 1.29 is 9.90 Å². The molecule has 2 atom stereocenters. The molecule has 0 aromatic heterocycles. The van der Waals surface area contributed by atoms with E-state index < -0.39 is 6.10 Å². The monoisotopic (exact) mass is 219 g/mol. The SMILES string of the molecule is C=CC(=O)NCC(O)C(C)c1ccccc1. The predicted molar refractivity (Wildman–Crippen MR) is 64.1 cm³/mol. The van der Waals surface area contributed by atoms with Gasteiger partial charge in [0, 0.05) is 12.5 Å². The lowest BCUT2D eigenvalue weighted by Crippen LogP contribution is -2.33. The Bertz CT molecular complexity index is 348. The van der Waals surface area contributed by atoms with Gasteiger partial charge in [-0.2, -0.15) is 0 Å². The second-order valence-corrected chi connectivity index (χ2v) is 3.72. The van der Waals surface area contributed by atoms with Crippen LogP contribution in [0.2, 0.25) is 0 Å². The van der Waals surface area contributed by atoms with Crippen molar-refractivity contribution in [3.05, 3.63) is 48.6 Å². The number of carbonyl (C=O) groups excluding carboxylic acids is 1. The fraction of sp³-hybridized carbons (Fsp3) is 0.308. The highest BCUT2D eigenvalue weighted by Crippen LogP contribution is 2.18. The Morgan fingerprint density at radius 1 is 1.50 bits per heavy atom. The first-order valence-electron chi connectivity index (χ1n) is 5.28. The van der Waals surface area contributed by atoms with Gasteiger partial charge in [0.15, 0.2) is 0 Å². The molecule has 0 heterocycles. The van der Waals surface area contributed by atoms with Gasteiger partial charge in [-0.1, -0.05) is 43.8 Å². The molecule has 86 valence electrons. The van der Waals surface area contributed by atoms with Crippen molar-refractivity contribution in [1.29, 1.82) is 0 Å². The molecule has 16 heavy (non-hydrogen) atoms. The maximum Gasteiger partial charge on any atom is 0.243 e. The summed E-state index contributed by atoms with van der Waals surface area (Å²) in [6.45, 7) is 5.52. The van der Waals surface area contributed by atoms with Crippen LogP contribution in [-0.4, -0.2) is 23.7 Å². The fourth-order valence-corrected chi connectivity index (χ4v) is 1.43. The molecular formula is C13H17NO2. The highest BCUT2D eigenvalue weighted by Gasteiger charge is 2.15. The summed E-state index contributed by atoms with van der Waals surface area (Å²) in [6.07, 6.45) is 0.603. The van der Waals surface area contributed by atoms with Crippen molar-refractivity contribution in [3.8, 4) is 0 Å². The largest absolute Gasteiger partial charge is 0.391 e. The topological polar surface area (TPSA) is 49.3 Å². The van der Waals surface area contributed by atoms with E-state index in [1.54, 1.807) is 0 Å². The molecule has 3 nitrogen and oxygen atoms in total. The standard InChI is InChI=1S/C13H17NO2/c1-3-13(16)14-9-12(15)10(2)11-7-5-4-6-8-11/h3-8,10,12,15H,1,9H2,2H3,(H,14,16). The maximum absolute atomic E-state index is 10.9. The second kappa shape index (κ2) is 6.08. The van der Waals surface area contributed by atoms with Crippen molar-refractivity contribution in [1.82, 2.24) is 5.32 Å². The molecule has 2 unspecified atom stereocenters. The van der Waals surface area contributed by atoms with E-state index >= 15 is 0 Å². The van der Waals surface area contributed by atoms with Crippen LogP contribution in [0.15, 0.2) is 43.0 Å². The van der Waals surface area contributed by atoms with Gasteiger partial charge in [-0.15, -0.1) is 0 Å². The summed E-state index contributed by atoms with van der Waals surface area (Å²) in [5.74, 6) is -0.273. The Kier molecular flexibility index (Phi) is 4.73. The van der Waals surface area contributed by atoms with Crippen molar-refractivity contribution in [3.63, 3.8) is 0 Å².